The summed E-state index contributed by atoms with van der Waals surface area (Å²) in [6.45, 7) is 1.43. The molecule has 2 aromatic rings. The molecule has 2 aromatic carbocycles. The van der Waals surface area contributed by atoms with Gasteiger partial charge in [0, 0.05) is 25.2 Å². The first kappa shape index (κ1) is 16.9. The molecule has 0 radical (unpaired) electrons. The molecule has 2 N–H and O–H groups in total. The van der Waals surface area contributed by atoms with Crippen LogP contribution in [0.2, 0.25) is 5.02 Å². The molecular weight excluding hydrogens is 308 g/mol. The Kier molecular flexibility index (Phi) is 6.46. The Bertz CT molecular complexity index is 702. The molecule has 0 unspecified atom stereocenters. The van der Waals surface area contributed by atoms with Crippen molar-refractivity contribution in [1.29, 1.82) is 5.26 Å². The number of nitrogens with one attached hydrogen (secondary N) is 2. The number of rotatable bonds is 5. The molecule has 0 saturated carbocycles. The van der Waals surface area contributed by atoms with Gasteiger partial charge in [-0.3, -0.25) is 4.99 Å². The molecule has 5 heteroatoms. The Hall–Kier alpha value is -2.51. The van der Waals surface area contributed by atoms with E-state index in [4.69, 9.17) is 16.9 Å². The van der Waals surface area contributed by atoms with Crippen LogP contribution in [-0.4, -0.2) is 19.6 Å². The quantitative estimate of drug-likeness (QED) is 0.655. The fraction of sp³-hybridized carbons (Fsp3) is 0.222. The van der Waals surface area contributed by atoms with E-state index in [1.54, 1.807) is 7.05 Å². The highest BCUT2D eigenvalue weighted by atomic mass is 35.5. The molecule has 0 atom stereocenters. The Labute approximate surface area is 141 Å². The minimum absolute atomic E-state index is 0.655. The molecule has 0 fully saturated rings. The van der Waals surface area contributed by atoms with Crippen LogP contribution in [0.3, 0.4) is 0 Å². The summed E-state index contributed by atoms with van der Waals surface area (Å²) in [6.07, 6.45) is 0.873. The van der Waals surface area contributed by atoms with Gasteiger partial charge in [0.2, 0.25) is 0 Å². The lowest BCUT2D eigenvalue weighted by Crippen LogP contribution is -2.37. The molecule has 4 nitrogen and oxygen atoms in total. The third kappa shape index (κ3) is 5.65. The second-order valence-corrected chi connectivity index (χ2v) is 5.48. The smallest absolute Gasteiger partial charge is 0.191 e. The van der Waals surface area contributed by atoms with Crippen LogP contribution in [-0.2, 0) is 13.0 Å². The van der Waals surface area contributed by atoms with Crippen LogP contribution in [0.15, 0.2) is 53.5 Å². The van der Waals surface area contributed by atoms with Crippen molar-refractivity contribution in [1.82, 2.24) is 10.6 Å². The molecule has 23 heavy (non-hydrogen) atoms. The standard InChI is InChI=1S/C18H19ClN4/c1-21-18(22-10-9-14-3-2-4-17(19)11-14)23-13-16-7-5-15(12-20)6-8-16/h2-8,11H,9-10,13H2,1H3,(H2,21,22,23). The summed E-state index contributed by atoms with van der Waals surface area (Å²) in [5.74, 6) is 0.747. The topological polar surface area (TPSA) is 60.2 Å². The molecule has 0 aliphatic heterocycles. The zero-order chi connectivity index (χ0) is 16.5. The lowest BCUT2D eigenvalue weighted by Gasteiger charge is -2.12. The summed E-state index contributed by atoms with van der Waals surface area (Å²) >= 11 is 5.98. The van der Waals surface area contributed by atoms with Crippen LogP contribution in [0.4, 0.5) is 0 Å². The number of halogens is 1. The molecule has 2 rings (SSSR count). The van der Waals surface area contributed by atoms with Gasteiger partial charge in [0.15, 0.2) is 5.96 Å². The fourth-order valence-corrected chi connectivity index (χ4v) is 2.33. The van der Waals surface area contributed by atoms with Crippen molar-refractivity contribution >= 4 is 17.6 Å². The van der Waals surface area contributed by atoms with Gasteiger partial charge in [-0.15, -0.1) is 0 Å². The highest BCUT2D eigenvalue weighted by Crippen LogP contribution is 2.10. The number of benzene rings is 2. The Morgan fingerprint density at radius 2 is 1.91 bits per heavy atom. The first-order chi connectivity index (χ1) is 11.2. The van der Waals surface area contributed by atoms with E-state index in [2.05, 4.69) is 27.8 Å². The molecule has 0 heterocycles. The minimum Gasteiger partial charge on any atom is -0.356 e. The van der Waals surface area contributed by atoms with Gasteiger partial charge in [-0.25, -0.2) is 0 Å². The summed E-state index contributed by atoms with van der Waals surface area (Å²) < 4.78 is 0. The minimum atomic E-state index is 0.655. The molecule has 118 valence electrons. The molecule has 0 saturated heterocycles. The molecule has 0 aliphatic carbocycles. The maximum Gasteiger partial charge on any atom is 0.191 e. The monoisotopic (exact) mass is 326 g/mol. The summed E-state index contributed by atoms with van der Waals surface area (Å²) in [4.78, 5) is 4.20. The third-order valence-electron chi connectivity index (χ3n) is 3.36. The highest BCUT2D eigenvalue weighted by molar-refractivity contribution is 6.30. The number of hydrogen-bond acceptors (Lipinski definition) is 2. The van der Waals surface area contributed by atoms with Gasteiger partial charge < -0.3 is 10.6 Å². The van der Waals surface area contributed by atoms with E-state index in [0.717, 1.165) is 29.5 Å². The van der Waals surface area contributed by atoms with Gasteiger partial charge in [-0.05, 0) is 41.8 Å². The van der Waals surface area contributed by atoms with Crippen molar-refractivity contribution in [2.75, 3.05) is 13.6 Å². The van der Waals surface area contributed by atoms with Crippen molar-refractivity contribution in [3.8, 4) is 6.07 Å². The predicted molar refractivity (Wildman–Crippen MR) is 94.5 cm³/mol. The van der Waals surface area contributed by atoms with E-state index < -0.39 is 0 Å². The van der Waals surface area contributed by atoms with Crippen molar-refractivity contribution in [3.05, 3.63) is 70.2 Å². The van der Waals surface area contributed by atoms with Crippen LogP contribution in [0.1, 0.15) is 16.7 Å². The van der Waals surface area contributed by atoms with E-state index in [-0.39, 0.29) is 0 Å². The maximum absolute atomic E-state index is 8.79. The highest BCUT2D eigenvalue weighted by Gasteiger charge is 2.00. The molecule has 0 aliphatic rings. The van der Waals surface area contributed by atoms with Crippen molar-refractivity contribution in [2.24, 2.45) is 4.99 Å². The SMILES string of the molecule is CN=C(NCCc1cccc(Cl)c1)NCc1ccc(C#N)cc1. The van der Waals surface area contributed by atoms with E-state index in [1.807, 2.05) is 42.5 Å². The third-order valence-corrected chi connectivity index (χ3v) is 3.60. The molecule has 0 bridgehead atoms. The zero-order valence-electron chi connectivity index (χ0n) is 13.0. The Morgan fingerprint density at radius 1 is 1.13 bits per heavy atom. The second-order valence-electron chi connectivity index (χ2n) is 5.04. The summed E-state index contributed by atoms with van der Waals surface area (Å²) in [6, 6.07) is 17.5. The number of hydrogen-bond donors (Lipinski definition) is 2. The van der Waals surface area contributed by atoms with Crippen LogP contribution in [0.5, 0.6) is 0 Å². The molecular formula is C18H19ClN4. The summed E-state index contributed by atoms with van der Waals surface area (Å²) in [7, 11) is 1.74. The van der Waals surface area contributed by atoms with Gasteiger partial charge >= 0.3 is 0 Å². The van der Waals surface area contributed by atoms with Crippen molar-refractivity contribution in [2.45, 2.75) is 13.0 Å². The van der Waals surface area contributed by atoms with E-state index in [0.29, 0.717) is 12.1 Å². The van der Waals surface area contributed by atoms with Gasteiger partial charge in [-0.2, -0.15) is 5.26 Å². The molecule has 0 amide bonds. The van der Waals surface area contributed by atoms with Gasteiger partial charge in [0.1, 0.15) is 0 Å². The lowest BCUT2D eigenvalue weighted by atomic mass is 10.1. The number of guanidine groups is 1. The lowest BCUT2D eigenvalue weighted by molar-refractivity contribution is 0.794. The normalized spacial score (nSPS) is 10.9. The number of nitrogens with zero attached hydrogens (tertiary/aromatic N) is 2. The van der Waals surface area contributed by atoms with Crippen molar-refractivity contribution < 1.29 is 0 Å². The molecule has 0 spiro atoms. The Balaban J connectivity index is 1.78. The number of nitriles is 1. The van der Waals surface area contributed by atoms with Gasteiger partial charge in [0.05, 0.1) is 11.6 Å². The van der Waals surface area contributed by atoms with Crippen LogP contribution >= 0.6 is 11.6 Å². The Morgan fingerprint density at radius 3 is 2.57 bits per heavy atom. The second kappa shape index (κ2) is 8.82. The molecule has 0 aromatic heterocycles. The average Bonchev–Trinajstić information content (AvgIpc) is 2.58. The predicted octanol–water partition coefficient (Wildman–Crippen LogP) is 3.12. The first-order valence-corrected chi connectivity index (χ1v) is 7.77. The van der Waals surface area contributed by atoms with Crippen molar-refractivity contribution in [3.63, 3.8) is 0 Å². The number of aliphatic imine (C=N–C) groups is 1. The largest absolute Gasteiger partial charge is 0.356 e. The van der Waals surface area contributed by atoms with E-state index in [9.17, 15) is 0 Å². The first-order valence-electron chi connectivity index (χ1n) is 7.39. The average molecular weight is 327 g/mol. The summed E-state index contributed by atoms with van der Waals surface area (Å²) in [5.41, 5.74) is 2.95. The van der Waals surface area contributed by atoms with E-state index in [1.165, 1.54) is 5.56 Å². The fourth-order valence-electron chi connectivity index (χ4n) is 2.12. The van der Waals surface area contributed by atoms with Crippen LogP contribution in [0, 0.1) is 11.3 Å². The van der Waals surface area contributed by atoms with Crippen LogP contribution < -0.4 is 10.6 Å². The van der Waals surface area contributed by atoms with Gasteiger partial charge in [-0.1, -0.05) is 35.9 Å². The zero-order valence-corrected chi connectivity index (χ0v) is 13.8. The summed E-state index contributed by atoms with van der Waals surface area (Å²) in [5, 5.41) is 16.1. The maximum atomic E-state index is 8.79. The van der Waals surface area contributed by atoms with Gasteiger partial charge in [0.25, 0.3) is 0 Å². The van der Waals surface area contributed by atoms with Crippen LogP contribution in [0.25, 0.3) is 0 Å². The van der Waals surface area contributed by atoms with E-state index >= 15 is 0 Å².